The summed E-state index contributed by atoms with van der Waals surface area (Å²) in [4.78, 5) is 0. The van der Waals surface area contributed by atoms with Gasteiger partial charge in [0.25, 0.3) is 0 Å². The van der Waals surface area contributed by atoms with E-state index in [9.17, 15) is 0 Å². The van der Waals surface area contributed by atoms with Gasteiger partial charge in [-0.2, -0.15) is 0 Å². The molecule has 0 aliphatic heterocycles. The van der Waals surface area contributed by atoms with Crippen molar-refractivity contribution in [3.8, 4) is 11.5 Å². The van der Waals surface area contributed by atoms with Crippen LogP contribution in [-0.2, 0) is 11.8 Å². The SMILES string of the molecule is CCNC1Cc2cc(OC)c(OC)cc2C1(C)C. The van der Waals surface area contributed by atoms with Gasteiger partial charge in [-0.1, -0.05) is 20.8 Å². The van der Waals surface area contributed by atoms with Gasteiger partial charge in [-0.15, -0.1) is 0 Å². The Balaban J connectivity index is 2.45. The number of hydrogen-bond acceptors (Lipinski definition) is 3. The van der Waals surface area contributed by atoms with E-state index in [1.807, 2.05) is 0 Å². The number of methoxy groups -OCH3 is 2. The molecule has 100 valence electrons. The van der Waals surface area contributed by atoms with E-state index in [0.29, 0.717) is 6.04 Å². The van der Waals surface area contributed by atoms with Gasteiger partial charge in [0.05, 0.1) is 14.2 Å². The fourth-order valence-electron chi connectivity index (χ4n) is 2.93. The molecule has 1 aromatic carbocycles. The van der Waals surface area contributed by atoms with Gasteiger partial charge in [0.15, 0.2) is 11.5 Å². The standard InChI is InChI=1S/C15H23NO2/c1-6-16-14-8-10-7-12(17-4)13(18-5)9-11(10)15(14,2)3/h7,9,14,16H,6,8H2,1-5H3. The first kappa shape index (κ1) is 13.2. The molecule has 0 aromatic heterocycles. The summed E-state index contributed by atoms with van der Waals surface area (Å²) >= 11 is 0. The third-order valence-corrected chi connectivity index (χ3v) is 4.05. The van der Waals surface area contributed by atoms with Gasteiger partial charge in [-0.25, -0.2) is 0 Å². The predicted molar refractivity (Wildman–Crippen MR) is 73.7 cm³/mol. The van der Waals surface area contributed by atoms with Crippen LogP contribution in [0.4, 0.5) is 0 Å². The third kappa shape index (κ3) is 1.97. The number of nitrogens with one attached hydrogen (secondary N) is 1. The van der Waals surface area contributed by atoms with E-state index in [1.165, 1.54) is 11.1 Å². The number of benzene rings is 1. The van der Waals surface area contributed by atoms with Crippen molar-refractivity contribution in [3.63, 3.8) is 0 Å². The molecule has 3 heteroatoms. The van der Waals surface area contributed by atoms with Gasteiger partial charge in [-0.3, -0.25) is 0 Å². The molecular weight excluding hydrogens is 226 g/mol. The first-order valence-electron chi connectivity index (χ1n) is 6.53. The minimum Gasteiger partial charge on any atom is -0.493 e. The Hall–Kier alpha value is -1.22. The van der Waals surface area contributed by atoms with Crippen molar-refractivity contribution in [1.29, 1.82) is 0 Å². The fourth-order valence-corrected chi connectivity index (χ4v) is 2.93. The van der Waals surface area contributed by atoms with E-state index in [2.05, 4.69) is 38.2 Å². The summed E-state index contributed by atoms with van der Waals surface area (Å²) in [7, 11) is 3.38. The zero-order valence-electron chi connectivity index (χ0n) is 12.0. The zero-order valence-corrected chi connectivity index (χ0v) is 12.0. The zero-order chi connectivity index (χ0) is 13.3. The van der Waals surface area contributed by atoms with E-state index in [1.54, 1.807) is 14.2 Å². The van der Waals surface area contributed by atoms with Crippen LogP contribution in [0.25, 0.3) is 0 Å². The minimum absolute atomic E-state index is 0.130. The van der Waals surface area contributed by atoms with E-state index in [-0.39, 0.29) is 5.41 Å². The largest absolute Gasteiger partial charge is 0.493 e. The number of fused-ring (bicyclic) bond motifs is 1. The lowest BCUT2D eigenvalue weighted by Crippen LogP contribution is -2.41. The quantitative estimate of drug-likeness (QED) is 0.889. The molecule has 18 heavy (non-hydrogen) atoms. The Labute approximate surface area is 109 Å². The van der Waals surface area contributed by atoms with Crippen LogP contribution in [0, 0.1) is 0 Å². The van der Waals surface area contributed by atoms with Crippen molar-refractivity contribution in [3.05, 3.63) is 23.3 Å². The van der Waals surface area contributed by atoms with Crippen LogP contribution >= 0.6 is 0 Å². The van der Waals surface area contributed by atoms with Crippen molar-refractivity contribution in [1.82, 2.24) is 5.32 Å². The first-order valence-corrected chi connectivity index (χ1v) is 6.53. The number of hydrogen-bond donors (Lipinski definition) is 1. The molecule has 1 unspecified atom stereocenters. The van der Waals surface area contributed by atoms with Gasteiger partial charge < -0.3 is 14.8 Å². The third-order valence-electron chi connectivity index (χ3n) is 4.05. The second-order valence-electron chi connectivity index (χ2n) is 5.40. The lowest BCUT2D eigenvalue weighted by atomic mass is 9.83. The van der Waals surface area contributed by atoms with Crippen molar-refractivity contribution < 1.29 is 9.47 Å². The second-order valence-corrected chi connectivity index (χ2v) is 5.40. The highest BCUT2D eigenvalue weighted by atomic mass is 16.5. The number of rotatable bonds is 4. The van der Waals surface area contributed by atoms with Crippen LogP contribution in [0.5, 0.6) is 11.5 Å². The Morgan fingerprint density at radius 2 is 1.83 bits per heavy atom. The molecule has 0 saturated carbocycles. The highest BCUT2D eigenvalue weighted by Crippen LogP contribution is 2.43. The highest BCUT2D eigenvalue weighted by molar-refractivity contribution is 5.53. The highest BCUT2D eigenvalue weighted by Gasteiger charge is 2.39. The van der Waals surface area contributed by atoms with Crippen LogP contribution in [0.3, 0.4) is 0 Å². The average molecular weight is 249 g/mol. The Kier molecular flexibility index (Phi) is 3.53. The molecule has 0 amide bonds. The normalized spacial score (nSPS) is 20.6. The monoisotopic (exact) mass is 249 g/mol. The first-order chi connectivity index (χ1) is 8.54. The van der Waals surface area contributed by atoms with Gasteiger partial charge in [0, 0.05) is 11.5 Å². The molecule has 1 aromatic rings. The summed E-state index contributed by atoms with van der Waals surface area (Å²) in [6.07, 6.45) is 1.05. The van der Waals surface area contributed by atoms with Crippen molar-refractivity contribution in [2.45, 2.75) is 38.6 Å². The summed E-state index contributed by atoms with van der Waals surface area (Å²) < 4.78 is 10.8. The molecule has 0 heterocycles. The van der Waals surface area contributed by atoms with Crippen LogP contribution in [0.1, 0.15) is 31.9 Å². The van der Waals surface area contributed by atoms with Gasteiger partial charge in [0.2, 0.25) is 0 Å². The summed E-state index contributed by atoms with van der Waals surface area (Å²) in [6, 6.07) is 4.73. The Morgan fingerprint density at radius 3 is 2.39 bits per heavy atom. The van der Waals surface area contributed by atoms with E-state index in [0.717, 1.165) is 24.5 Å². The topological polar surface area (TPSA) is 30.5 Å². The molecule has 0 spiro atoms. The molecule has 0 saturated heterocycles. The molecule has 2 rings (SSSR count). The van der Waals surface area contributed by atoms with E-state index in [4.69, 9.17) is 9.47 Å². The molecule has 3 nitrogen and oxygen atoms in total. The molecular formula is C15H23NO2. The maximum atomic E-state index is 5.40. The summed E-state index contributed by atoms with van der Waals surface area (Å²) in [5, 5.41) is 3.57. The number of ether oxygens (including phenoxy) is 2. The van der Waals surface area contributed by atoms with Crippen LogP contribution in [0.2, 0.25) is 0 Å². The van der Waals surface area contributed by atoms with Crippen LogP contribution in [0.15, 0.2) is 12.1 Å². The lowest BCUT2D eigenvalue weighted by molar-refractivity contribution is 0.352. The number of likely N-dealkylation sites (N-methyl/N-ethyl adjacent to an activating group) is 1. The average Bonchev–Trinajstić information content (AvgIpc) is 2.60. The molecule has 1 aliphatic rings. The summed E-state index contributed by atoms with van der Waals surface area (Å²) in [5.41, 5.74) is 2.86. The minimum atomic E-state index is 0.130. The van der Waals surface area contributed by atoms with E-state index >= 15 is 0 Å². The van der Waals surface area contributed by atoms with Crippen LogP contribution in [-0.4, -0.2) is 26.8 Å². The lowest BCUT2D eigenvalue weighted by Gasteiger charge is -2.29. The van der Waals surface area contributed by atoms with Crippen molar-refractivity contribution in [2.24, 2.45) is 0 Å². The molecule has 1 N–H and O–H groups in total. The van der Waals surface area contributed by atoms with Crippen LogP contribution < -0.4 is 14.8 Å². The van der Waals surface area contributed by atoms with Gasteiger partial charge >= 0.3 is 0 Å². The summed E-state index contributed by atoms with van der Waals surface area (Å²) in [6.45, 7) is 7.73. The van der Waals surface area contributed by atoms with Gasteiger partial charge in [-0.05, 0) is 36.2 Å². The summed E-state index contributed by atoms with van der Waals surface area (Å²) in [5.74, 6) is 1.64. The Morgan fingerprint density at radius 1 is 1.22 bits per heavy atom. The van der Waals surface area contributed by atoms with Crippen molar-refractivity contribution in [2.75, 3.05) is 20.8 Å². The molecule has 0 bridgehead atoms. The van der Waals surface area contributed by atoms with Crippen molar-refractivity contribution >= 4 is 0 Å². The Bertz CT molecular complexity index is 440. The molecule has 1 atom stereocenters. The smallest absolute Gasteiger partial charge is 0.161 e. The molecule has 0 fully saturated rings. The second kappa shape index (κ2) is 4.81. The predicted octanol–water partition coefficient (Wildman–Crippen LogP) is 2.52. The van der Waals surface area contributed by atoms with E-state index < -0.39 is 0 Å². The maximum Gasteiger partial charge on any atom is 0.161 e. The molecule has 0 radical (unpaired) electrons. The maximum absolute atomic E-state index is 5.40. The van der Waals surface area contributed by atoms with Gasteiger partial charge in [0.1, 0.15) is 0 Å². The molecule has 1 aliphatic carbocycles. The fraction of sp³-hybridized carbons (Fsp3) is 0.600.